The van der Waals surface area contributed by atoms with Crippen LogP contribution in [0.5, 0.6) is 0 Å². The molecule has 0 saturated carbocycles. The fraction of sp³-hybridized carbons (Fsp3) is 0.438. The number of carbonyl (C=O) groups excluding carboxylic acids is 1. The molecule has 1 aromatic heterocycles. The Balaban J connectivity index is 1.36. The van der Waals surface area contributed by atoms with Crippen LogP contribution in [0, 0.1) is 0 Å². The Bertz CT molecular complexity index is 645. The number of ether oxygens (including phenoxy) is 1. The number of hydrogen-bond donors (Lipinski definition) is 2. The van der Waals surface area contributed by atoms with Gasteiger partial charge in [0, 0.05) is 19.7 Å². The van der Waals surface area contributed by atoms with E-state index in [9.17, 15) is 4.79 Å². The summed E-state index contributed by atoms with van der Waals surface area (Å²) in [5.74, 6) is 0.334. The summed E-state index contributed by atoms with van der Waals surface area (Å²) >= 11 is 2.87. The smallest absolute Gasteiger partial charge is 0.230 e. The number of hydrogen-bond acceptors (Lipinski definition) is 7. The molecule has 6 nitrogen and oxygen atoms in total. The first kappa shape index (κ1) is 17.2. The number of rotatable bonds is 8. The molecule has 1 unspecified atom stereocenters. The highest BCUT2D eigenvalue weighted by atomic mass is 32.2. The van der Waals surface area contributed by atoms with Crippen molar-refractivity contribution in [2.75, 3.05) is 24.2 Å². The maximum Gasteiger partial charge on any atom is 0.230 e. The van der Waals surface area contributed by atoms with Crippen molar-refractivity contribution in [2.24, 2.45) is 0 Å². The van der Waals surface area contributed by atoms with E-state index in [-0.39, 0.29) is 12.0 Å². The van der Waals surface area contributed by atoms with E-state index < -0.39 is 0 Å². The lowest BCUT2D eigenvalue weighted by molar-refractivity contribution is -0.118. The molecule has 8 heteroatoms. The van der Waals surface area contributed by atoms with Gasteiger partial charge in [-0.3, -0.25) is 4.79 Å². The third-order valence-corrected chi connectivity index (χ3v) is 5.58. The summed E-state index contributed by atoms with van der Waals surface area (Å²) in [5.41, 5.74) is 1.09. The van der Waals surface area contributed by atoms with Gasteiger partial charge in [0.15, 0.2) is 4.34 Å². The molecule has 3 rings (SSSR count). The fourth-order valence-corrected chi connectivity index (χ4v) is 3.91. The summed E-state index contributed by atoms with van der Waals surface area (Å²) in [6.07, 6.45) is 2.49. The summed E-state index contributed by atoms with van der Waals surface area (Å²) < 4.78 is 6.35. The molecule has 2 aromatic rings. The van der Waals surface area contributed by atoms with Crippen molar-refractivity contribution >= 4 is 34.1 Å². The van der Waals surface area contributed by atoms with Crippen LogP contribution in [0.25, 0.3) is 0 Å². The molecule has 0 spiro atoms. The van der Waals surface area contributed by atoms with E-state index in [1.165, 1.54) is 23.1 Å². The number of nitrogens with one attached hydrogen (secondary N) is 2. The minimum Gasteiger partial charge on any atom is -0.376 e. The largest absolute Gasteiger partial charge is 0.376 e. The molecule has 0 radical (unpaired) electrons. The molecule has 0 aliphatic carbocycles. The van der Waals surface area contributed by atoms with Crippen LogP contribution in [-0.4, -0.2) is 41.1 Å². The number of carbonyl (C=O) groups is 1. The minimum absolute atomic E-state index is 0.00656. The van der Waals surface area contributed by atoms with E-state index in [1.807, 2.05) is 30.3 Å². The quantitative estimate of drug-likeness (QED) is 0.701. The van der Waals surface area contributed by atoms with Crippen molar-refractivity contribution in [3.05, 3.63) is 35.9 Å². The van der Waals surface area contributed by atoms with Gasteiger partial charge in [0.05, 0.1) is 11.9 Å². The summed E-state index contributed by atoms with van der Waals surface area (Å²) in [4.78, 5) is 11.9. The van der Waals surface area contributed by atoms with Crippen molar-refractivity contribution in [3.63, 3.8) is 0 Å². The van der Waals surface area contributed by atoms with Crippen LogP contribution < -0.4 is 10.6 Å². The second-order valence-corrected chi connectivity index (χ2v) is 7.64. The van der Waals surface area contributed by atoms with E-state index >= 15 is 0 Å². The Kier molecular flexibility index (Phi) is 6.45. The van der Waals surface area contributed by atoms with Crippen LogP contribution in [0.15, 0.2) is 34.7 Å². The molecule has 1 atom stereocenters. The number of thioether (sulfide) groups is 1. The standard InChI is InChI=1S/C16H20N4O2S2/c21-14(17-9-12-5-2-1-3-6-12)11-23-16-20-19-15(24-16)18-10-13-7-4-8-22-13/h1-3,5-6,13H,4,7-11H2,(H,17,21)(H,18,19). The zero-order chi connectivity index (χ0) is 16.6. The highest BCUT2D eigenvalue weighted by Crippen LogP contribution is 2.25. The van der Waals surface area contributed by atoms with Crippen LogP contribution >= 0.6 is 23.1 Å². The van der Waals surface area contributed by atoms with E-state index in [1.54, 1.807) is 0 Å². The third kappa shape index (κ3) is 5.47. The first-order valence-corrected chi connectivity index (χ1v) is 9.72. The number of benzene rings is 1. The van der Waals surface area contributed by atoms with Gasteiger partial charge in [-0.1, -0.05) is 53.4 Å². The predicted molar refractivity (Wildman–Crippen MR) is 96.4 cm³/mol. The van der Waals surface area contributed by atoms with Crippen molar-refractivity contribution in [3.8, 4) is 0 Å². The number of nitrogens with zero attached hydrogens (tertiary/aromatic N) is 2. The van der Waals surface area contributed by atoms with Gasteiger partial charge in [-0.15, -0.1) is 10.2 Å². The Morgan fingerprint density at radius 1 is 1.33 bits per heavy atom. The second kappa shape index (κ2) is 9.00. The molecule has 24 heavy (non-hydrogen) atoms. The van der Waals surface area contributed by atoms with Gasteiger partial charge in [0.25, 0.3) is 0 Å². The molecule has 0 bridgehead atoms. The van der Waals surface area contributed by atoms with Gasteiger partial charge < -0.3 is 15.4 Å². The second-order valence-electron chi connectivity index (χ2n) is 5.44. The average Bonchev–Trinajstić information content (AvgIpc) is 3.29. The van der Waals surface area contributed by atoms with Crippen LogP contribution in [0.2, 0.25) is 0 Å². The van der Waals surface area contributed by atoms with Crippen molar-refractivity contribution in [2.45, 2.75) is 29.8 Å². The first-order valence-electron chi connectivity index (χ1n) is 7.92. The maximum atomic E-state index is 11.9. The molecular weight excluding hydrogens is 344 g/mol. The lowest BCUT2D eigenvalue weighted by atomic mass is 10.2. The van der Waals surface area contributed by atoms with Crippen LogP contribution in [-0.2, 0) is 16.1 Å². The Morgan fingerprint density at radius 3 is 3.00 bits per heavy atom. The molecular formula is C16H20N4O2S2. The number of anilines is 1. The maximum absolute atomic E-state index is 11.9. The number of amides is 1. The molecule has 1 amide bonds. The van der Waals surface area contributed by atoms with Crippen molar-refractivity contribution < 1.29 is 9.53 Å². The zero-order valence-electron chi connectivity index (χ0n) is 13.2. The van der Waals surface area contributed by atoms with E-state index in [0.29, 0.717) is 12.3 Å². The minimum atomic E-state index is -0.00656. The summed E-state index contributed by atoms with van der Waals surface area (Å²) in [6, 6.07) is 9.86. The van der Waals surface area contributed by atoms with Gasteiger partial charge in [-0.25, -0.2) is 0 Å². The molecule has 1 aliphatic rings. The topological polar surface area (TPSA) is 76.1 Å². The molecule has 2 heterocycles. The molecule has 1 aliphatic heterocycles. The summed E-state index contributed by atoms with van der Waals surface area (Å²) in [6.45, 7) is 2.16. The molecule has 2 N–H and O–H groups in total. The first-order chi connectivity index (χ1) is 11.8. The van der Waals surface area contributed by atoms with Crippen LogP contribution in [0.1, 0.15) is 18.4 Å². The van der Waals surface area contributed by atoms with E-state index in [0.717, 1.165) is 41.0 Å². The van der Waals surface area contributed by atoms with E-state index in [2.05, 4.69) is 20.8 Å². The highest BCUT2D eigenvalue weighted by molar-refractivity contribution is 8.01. The molecule has 1 fully saturated rings. The van der Waals surface area contributed by atoms with Gasteiger partial charge >= 0.3 is 0 Å². The normalized spacial score (nSPS) is 16.9. The molecule has 1 aromatic carbocycles. The summed E-state index contributed by atoms with van der Waals surface area (Å²) in [7, 11) is 0. The van der Waals surface area contributed by atoms with Crippen molar-refractivity contribution in [1.29, 1.82) is 0 Å². The predicted octanol–water partition coefficient (Wildman–Crippen LogP) is 2.54. The Morgan fingerprint density at radius 2 is 2.21 bits per heavy atom. The lowest BCUT2D eigenvalue weighted by Gasteiger charge is -2.08. The zero-order valence-corrected chi connectivity index (χ0v) is 14.9. The third-order valence-electron chi connectivity index (χ3n) is 3.57. The van der Waals surface area contributed by atoms with Crippen LogP contribution in [0.3, 0.4) is 0 Å². The van der Waals surface area contributed by atoms with Crippen molar-refractivity contribution in [1.82, 2.24) is 15.5 Å². The van der Waals surface area contributed by atoms with Gasteiger partial charge in [0.2, 0.25) is 11.0 Å². The SMILES string of the molecule is O=C(CSc1nnc(NCC2CCCO2)s1)NCc1ccccc1. The monoisotopic (exact) mass is 364 g/mol. The van der Waals surface area contributed by atoms with E-state index in [4.69, 9.17) is 4.74 Å². The lowest BCUT2D eigenvalue weighted by Crippen LogP contribution is -2.24. The Labute approximate surface area is 149 Å². The van der Waals surface area contributed by atoms with Gasteiger partial charge in [-0.2, -0.15) is 0 Å². The molecule has 1 saturated heterocycles. The summed E-state index contributed by atoms with van der Waals surface area (Å²) in [5, 5.41) is 15.1. The molecule has 128 valence electrons. The van der Waals surface area contributed by atoms with Gasteiger partial charge in [0.1, 0.15) is 0 Å². The fourth-order valence-electron chi connectivity index (χ4n) is 2.32. The van der Waals surface area contributed by atoms with Crippen LogP contribution in [0.4, 0.5) is 5.13 Å². The van der Waals surface area contributed by atoms with Gasteiger partial charge in [-0.05, 0) is 18.4 Å². The highest BCUT2D eigenvalue weighted by Gasteiger charge is 2.16. The number of aromatic nitrogens is 2. The Hall–Kier alpha value is -1.64. The average molecular weight is 364 g/mol.